The molecule has 23 heavy (non-hydrogen) atoms. The minimum Gasteiger partial charge on any atom is -0.481 e. The molecular weight excluding hydrogens is 290 g/mol. The van der Waals surface area contributed by atoms with E-state index in [9.17, 15) is 14.7 Å². The molecule has 0 unspecified atom stereocenters. The molecule has 1 N–H and O–H groups in total. The Morgan fingerprint density at radius 1 is 1.09 bits per heavy atom. The monoisotopic (exact) mass is 313 g/mol. The molecule has 1 heterocycles. The van der Waals surface area contributed by atoms with Crippen LogP contribution >= 0.6 is 0 Å². The number of hydrogen-bond donors (Lipinski definition) is 1. The fraction of sp³-hybridized carbons (Fsp3) is 0.474. The number of carbonyl (C=O) groups excluding carboxylic acids is 1. The summed E-state index contributed by atoms with van der Waals surface area (Å²) < 4.78 is 0. The molecule has 1 aliphatic heterocycles. The maximum atomic E-state index is 12.9. The first-order chi connectivity index (χ1) is 11.1. The largest absolute Gasteiger partial charge is 0.481 e. The molecule has 1 aromatic rings. The van der Waals surface area contributed by atoms with Crippen molar-refractivity contribution in [3.8, 4) is 0 Å². The standard InChI is InChI=1S/C19H23NO3/c21-18(22)11-17(10-14-6-2-1-3-7-14)19(23)20-12-15-8-4-5-9-16(15)13-20/h1-7,15-17H,8-13H2,(H,21,22)/t15-,16-,17-/m1/s1. The summed E-state index contributed by atoms with van der Waals surface area (Å²) in [5.74, 6) is -0.275. The molecule has 0 spiro atoms. The van der Waals surface area contributed by atoms with Gasteiger partial charge in [-0.25, -0.2) is 0 Å². The van der Waals surface area contributed by atoms with E-state index in [-0.39, 0.29) is 12.3 Å². The molecule has 1 amide bonds. The lowest BCUT2D eigenvalue weighted by atomic mass is 9.86. The third-order valence-corrected chi connectivity index (χ3v) is 5.03. The molecule has 3 rings (SSSR count). The highest BCUT2D eigenvalue weighted by Gasteiger charge is 2.37. The van der Waals surface area contributed by atoms with Gasteiger partial charge < -0.3 is 10.0 Å². The Morgan fingerprint density at radius 3 is 2.26 bits per heavy atom. The van der Waals surface area contributed by atoms with Crippen LogP contribution in [0.1, 0.15) is 24.8 Å². The van der Waals surface area contributed by atoms with Crippen LogP contribution in [-0.2, 0) is 16.0 Å². The summed E-state index contributed by atoms with van der Waals surface area (Å²) in [7, 11) is 0. The van der Waals surface area contributed by atoms with E-state index in [1.54, 1.807) is 0 Å². The Labute approximate surface area is 136 Å². The number of likely N-dealkylation sites (tertiary alicyclic amines) is 1. The van der Waals surface area contributed by atoms with E-state index < -0.39 is 11.9 Å². The maximum absolute atomic E-state index is 12.9. The minimum atomic E-state index is -0.905. The van der Waals surface area contributed by atoms with Crippen molar-refractivity contribution < 1.29 is 14.7 Å². The molecule has 1 aromatic carbocycles. The summed E-state index contributed by atoms with van der Waals surface area (Å²) in [5, 5.41) is 9.18. The van der Waals surface area contributed by atoms with Crippen LogP contribution in [0.3, 0.4) is 0 Å². The molecular formula is C19H23NO3. The van der Waals surface area contributed by atoms with Gasteiger partial charge in [0.1, 0.15) is 0 Å². The third kappa shape index (κ3) is 3.81. The lowest BCUT2D eigenvalue weighted by Gasteiger charge is -2.23. The molecule has 0 aromatic heterocycles. The summed E-state index contributed by atoms with van der Waals surface area (Å²) in [6.07, 6.45) is 6.88. The predicted octanol–water partition coefficient (Wildman–Crippen LogP) is 2.74. The van der Waals surface area contributed by atoms with Crippen LogP contribution in [0.2, 0.25) is 0 Å². The number of allylic oxidation sites excluding steroid dienone is 2. The molecule has 0 radical (unpaired) electrons. The average molecular weight is 313 g/mol. The highest BCUT2D eigenvalue weighted by Crippen LogP contribution is 2.34. The number of carboxylic acid groups (broad SMARTS) is 1. The summed E-state index contributed by atoms with van der Waals surface area (Å²) in [6, 6.07) is 9.68. The van der Waals surface area contributed by atoms with Gasteiger partial charge >= 0.3 is 5.97 Å². The van der Waals surface area contributed by atoms with Gasteiger partial charge in [-0.1, -0.05) is 42.5 Å². The van der Waals surface area contributed by atoms with Crippen molar-refractivity contribution in [2.75, 3.05) is 13.1 Å². The smallest absolute Gasteiger partial charge is 0.304 e. The second-order valence-corrected chi connectivity index (χ2v) is 6.69. The van der Waals surface area contributed by atoms with Gasteiger partial charge in [0.2, 0.25) is 5.91 Å². The number of carboxylic acids is 1. The van der Waals surface area contributed by atoms with Crippen molar-refractivity contribution in [1.29, 1.82) is 0 Å². The molecule has 0 saturated carbocycles. The van der Waals surface area contributed by atoms with Gasteiger partial charge in [-0.3, -0.25) is 9.59 Å². The molecule has 0 bridgehead atoms. The first kappa shape index (κ1) is 15.8. The molecule has 1 saturated heterocycles. The van der Waals surface area contributed by atoms with Gasteiger partial charge in [0.15, 0.2) is 0 Å². The van der Waals surface area contributed by atoms with Crippen LogP contribution in [0.4, 0.5) is 0 Å². The number of carbonyl (C=O) groups is 2. The molecule has 4 nitrogen and oxygen atoms in total. The van der Waals surface area contributed by atoms with Crippen molar-refractivity contribution in [2.45, 2.75) is 25.7 Å². The van der Waals surface area contributed by atoms with Crippen LogP contribution < -0.4 is 0 Å². The first-order valence-corrected chi connectivity index (χ1v) is 8.33. The number of amides is 1. The fourth-order valence-electron chi connectivity index (χ4n) is 3.81. The fourth-order valence-corrected chi connectivity index (χ4v) is 3.81. The Hall–Kier alpha value is -2.10. The van der Waals surface area contributed by atoms with E-state index >= 15 is 0 Å². The van der Waals surface area contributed by atoms with Crippen molar-refractivity contribution in [3.05, 3.63) is 48.0 Å². The van der Waals surface area contributed by atoms with Crippen molar-refractivity contribution in [2.24, 2.45) is 17.8 Å². The molecule has 1 fully saturated rings. The van der Waals surface area contributed by atoms with Crippen molar-refractivity contribution in [1.82, 2.24) is 4.90 Å². The zero-order valence-corrected chi connectivity index (χ0v) is 13.2. The summed E-state index contributed by atoms with van der Waals surface area (Å²) >= 11 is 0. The van der Waals surface area contributed by atoms with E-state index in [1.807, 2.05) is 35.2 Å². The van der Waals surface area contributed by atoms with Crippen LogP contribution in [0.25, 0.3) is 0 Å². The first-order valence-electron chi connectivity index (χ1n) is 8.33. The number of rotatable bonds is 5. The van der Waals surface area contributed by atoms with E-state index in [2.05, 4.69) is 12.2 Å². The number of nitrogens with zero attached hydrogens (tertiary/aromatic N) is 1. The van der Waals surface area contributed by atoms with Gasteiger partial charge in [-0.05, 0) is 36.7 Å². The Bertz CT molecular complexity index is 580. The second-order valence-electron chi connectivity index (χ2n) is 6.69. The number of hydrogen-bond acceptors (Lipinski definition) is 2. The Balaban J connectivity index is 1.69. The minimum absolute atomic E-state index is 0.00523. The Morgan fingerprint density at radius 2 is 1.70 bits per heavy atom. The quantitative estimate of drug-likeness (QED) is 0.850. The molecule has 2 aliphatic rings. The number of aliphatic carboxylic acids is 1. The normalized spacial score (nSPS) is 24.3. The maximum Gasteiger partial charge on any atom is 0.304 e. The van der Waals surface area contributed by atoms with Gasteiger partial charge in [0.05, 0.1) is 12.3 Å². The van der Waals surface area contributed by atoms with Gasteiger partial charge in [-0.2, -0.15) is 0 Å². The van der Waals surface area contributed by atoms with Crippen LogP contribution in [-0.4, -0.2) is 35.0 Å². The molecule has 1 aliphatic carbocycles. The average Bonchev–Trinajstić information content (AvgIpc) is 2.98. The number of benzene rings is 1. The second kappa shape index (κ2) is 6.99. The van der Waals surface area contributed by atoms with E-state index in [4.69, 9.17) is 0 Å². The lowest BCUT2D eigenvalue weighted by Crippen LogP contribution is -2.36. The van der Waals surface area contributed by atoms with Gasteiger partial charge in [0.25, 0.3) is 0 Å². The van der Waals surface area contributed by atoms with Crippen LogP contribution in [0, 0.1) is 17.8 Å². The SMILES string of the molecule is O=C(O)C[C@@H](Cc1ccccc1)C(=O)N1C[C@H]2CC=CC[C@@H]2C1. The van der Waals surface area contributed by atoms with E-state index in [0.717, 1.165) is 31.5 Å². The summed E-state index contributed by atoms with van der Waals surface area (Å²) in [4.78, 5) is 26.0. The molecule has 4 heteroatoms. The van der Waals surface area contributed by atoms with Gasteiger partial charge in [0, 0.05) is 13.1 Å². The van der Waals surface area contributed by atoms with E-state index in [1.165, 1.54) is 0 Å². The lowest BCUT2D eigenvalue weighted by molar-refractivity contribution is -0.144. The molecule has 3 atom stereocenters. The number of fused-ring (bicyclic) bond motifs is 1. The van der Waals surface area contributed by atoms with E-state index in [0.29, 0.717) is 18.3 Å². The topological polar surface area (TPSA) is 57.6 Å². The van der Waals surface area contributed by atoms with Crippen LogP contribution in [0.15, 0.2) is 42.5 Å². The predicted molar refractivity (Wildman–Crippen MR) is 87.8 cm³/mol. The highest BCUT2D eigenvalue weighted by molar-refractivity contribution is 5.83. The third-order valence-electron chi connectivity index (χ3n) is 5.03. The van der Waals surface area contributed by atoms with Gasteiger partial charge in [-0.15, -0.1) is 0 Å². The highest BCUT2D eigenvalue weighted by atomic mass is 16.4. The summed E-state index contributed by atoms with van der Waals surface area (Å²) in [6.45, 7) is 1.55. The summed E-state index contributed by atoms with van der Waals surface area (Å²) in [5.41, 5.74) is 1.02. The zero-order chi connectivity index (χ0) is 16.2. The zero-order valence-electron chi connectivity index (χ0n) is 13.2. The Kier molecular flexibility index (Phi) is 4.79. The van der Waals surface area contributed by atoms with Crippen molar-refractivity contribution >= 4 is 11.9 Å². The molecule has 122 valence electrons. The van der Waals surface area contributed by atoms with Crippen LogP contribution in [0.5, 0.6) is 0 Å². The van der Waals surface area contributed by atoms with Crippen molar-refractivity contribution in [3.63, 3.8) is 0 Å².